The molecule has 2 rings (SSSR count). The quantitative estimate of drug-likeness (QED) is 0.451. The summed E-state index contributed by atoms with van der Waals surface area (Å²) in [4.78, 5) is 16.0. The van der Waals surface area contributed by atoms with Gasteiger partial charge in [-0.25, -0.2) is 4.98 Å². The Morgan fingerprint density at radius 1 is 1.35 bits per heavy atom. The number of nitrogens with one attached hydrogen (secondary N) is 1. The Kier molecular flexibility index (Phi) is 4.01. The van der Waals surface area contributed by atoms with E-state index in [1.807, 2.05) is 0 Å². The number of nitrogens with zero attached hydrogens (tertiary/aromatic N) is 1. The number of anilines is 2. The minimum Gasteiger partial charge on any atom is -0.508 e. The number of halogens is 2. The van der Waals surface area contributed by atoms with Gasteiger partial charge in [-0.15, -0.1) is 0 Å². The zero-order valence-corrected chi connectivity index (χ0v) is 12.0. The first-order valence-electron chi connectivity index (χ1n) is 5.61. The van der Waals surface area contributed by atoms with Crippen LogP contribution in [0.15, 0.2) is 24.3 Å². The number of rotatable bonds is 2. The van der Waals surface area contributed by atoms with Gasteiger partial charge in [-0.05, 0) is 36.8 Å². The molecule has 1 heterocycles. The van der Waals surface area contributed by atoms with Gasteiger partial charge >= 0.3 is 0 Å². The van der Waals surface area contributed by atoms with Crippen molar-refractivity contribution in [3.63, 3.8) is 0 Å². The third-order valence-corrected chi connectivity index (χ3v) is 3.13. The number of phenols is 1. The number of pyridine rings is 1. The summed E-state index contributed by atoms with van der Waals surface area (Å²) in [6.45, 7) is 1.74. The van der Waals surface area contributed by atoms with Gasteiger partial charge in [0.2, 0.25) is 0 Å². The largest absolute Gasteiger partial charge is 0.508 e. The van der Waals surface area contributed by atoms with Gasteiger partial charge in [-0.3, -0.25) is 4.79 Å². The van der Waals surface area contributed by atoms with Gasteiger partial charge in [0, 0.05) is 5.69 Å². The fourth-order valence-electron chi connectivity index (χ4n) is 1.67. The van der Waals surface area contributed by atoms with Crippen molar-refractivity contribution in [1.82, 2.24) is 4.98 Å². The van der Waals surface area contributed by atoms with E-state index in [-0.39, 0.29) is 27.3 Å². The first-order valence-corrected chi connectivity index (χ1v) is 6.36. The number of aromatic hydroxyl groups is 1. The Bertz CT molecular complexity index is 666. The predicted octanol–water partition coefficient (Wildman–Crippen LogP) is 3.24. The van der Waals surface area contributed by atoms with Crippen LogP contribution in [0.5, 0.6) is 5.75 Å². The number of hydrogen-bond acceptors (Lipinski definition) is 4. The van der Waals surface area contributed by atoms with Crippen LogP contribution in [0.4, 0.5) is 11.4 Å². The molecule has 0 unspecified atom stereocenters. The molecule has 2 aromatic rings. The molecular formula is C13H11Cl2N3O2. The summed E-state index contributed by atoms with van der Waals surface area (Å²) in [5.41, 5.74) is 7.12. The number of aryl methyl sites for hydroxylation is 1. The maximum absolute atomic E-state index is 12.2. The lowest BCUT2D eigenvalue weighted by Gasteiger charge is -2.11. The zero-order chi connectivity index (χ0) is 14.9. The predicted molar refractivity (Wildman–Crippen MR) is 79.5 cm³/mol. The zero-order valence-electron chi connectivity index (χ0n) is 10.4. The van der Waals surface area contributed by atoms with Gasteiger partial charge in [0.25, 0.3) is 5.91 Å². The summed E-state index contributed by atoms with van der Waals surface area (Å²) < 4.78 is 0. The SMILES string of the molecule is Cc1cc(Cl)nc(Cl)c1NC(=O)c1cc(O)ccc1N. The van der Waals surface area contributed by atoms with Gasteiger partial charge in [0.1, 0.15) is 10.9 Å². The van der Waals surface area contributed by atoms with Gasteiger partial charge in [-0.1, -0.05) is 23.2 Å². The highest BCUT2D eigenvalue weighted by Gasteiger charge is 2.15. The van der Waals surface area contributed by atoms with Gasteiger partial charge in [0.15, 0.2) is 5.15 Å². The van der Waals surface area contributed by atoms with E-state index >= 15 is 0 Å². The second kappa shape index (κ2) is 5.56. The molecule has 7 heteroatoms. The molecule has 104 valence electrons. The molecule has 0 atom stereocenters. The third kappa shape index (κ3) is 2.95. The Balaban J connectivity index is 2.35. The average Bonchev–Trinajstić information content (AvgIpc) is 2.36. The lowest BCUT2D eigenvalue weighted by atomic mass is 10.1. The van der Waals surface area contributed by atoms with Crippen LogP contribution in [-0.4, -0.2) is 16.0 Å². The second-order valence-electron chi connectivity index (χ2n) is 4.15. The van der Waals surface area contributed by atoms with E-state index in [4.69, 9.17) is 28.9 Å². The number of benzene rings is 1. The summed E-state index contributed by atoms with van der Waals surface area (Å²) >= 11 is 11.7. The number of nitrogen functional groups attached to an aromatic ring is 1. The van der Waals surface area contributed by atoms with E-state index in [1.165, 1.54) is 18.2 Å². The van der Waals surface area contributed by atoms with Gasteiger partial charge in [-0.2, -0.15) is 0 Å². The van der Waals surface area contributed by atoms with E-state index in [9.17, 15) is 9.90 Å². The van der Waals surface area contributed by atoms with Crippen molar-refractivity contribution in [1.29, 1.82) is 0 Å². The number of aromatic nitrogens is 1. The second-order valence-corrected chi connectivity index (χ2v) is 4.90. The van der Waals surface area contributed by atoms with Crippen molar-refractivity contribution in [2.45, 2.75) is 6.92 Å². The van der Waals surface area contributed by atoms with E-state index < -0.39 is 5.91 Å². The van der Waals surface area contributed by atoms with Crippen LogP contribution in [0, 0.1) is 6.92 Å². The molecule has 20 heavy (non-hydrogen) atoms. The number of amides is 1. The van der Waals surface area contributed by atoms with E-state index in [0.29, 0.717) is 11.3 Å². The Morgan fingerprint density at radius 2 is 2.05 bits per heavy atom. The highest BCUT2D eigenvalue weighted by Crippen LogP contribution is 2.28. The van der Waals surface area contributed by atoms with Gasteiger partial charge < -0.3 is 16.2 Å². The molecule has 0 aliphatic rings. The lowest BCUT2D eigenvalue weighted by molar-refractivity contribution is 0.102. The molecule has 0 fully saturated rings. The molecule has 1 aromatic heterocycles. The van der Waals surface area contributed by atoms with Crippen LogP contribution >= 0.6 is 23.2 Å². The van der Waals surface area contributed by atoms with Crippen molar-refractivity contribution < 1.29 is 9.90 Å². The topological polar surface area (TPSA) is 88.2 Å². The van der Waals surface area contributed by atoms with Gasteiger partial charge in [0.05, 0.1) is 11.3 Å². The Hall–Kier alpha value is -1.98. The molecule has 0 aliphatic heterocycles. The highest BCUT2D eigenvalue weighted by molar-refractivity contribution is 6.35. The molecule has 4 N–H and O–H groups in total. The van der Waals surface area contributed by atoms with Crippen LogP contribution in [-0.2, 0) is 0 Å². The van der Waals surface area contributed by atoms with Crippen LogP contribution in [0.3, 0.4) is 0 Å². The molecule has 0 bridgehead atoms. The molecule has 0 saturated carbocycles. The van der Waals surface area contributed by atoms with Crippen LogP contribution in [0.1, 0.15) is 15.9 Å². The summed E-state index contributed by atoms with van der Waals surface area (Å²) in [6, 6.07) is 5.69. The Morgan fingerprint density at radius 3 is 2.70 bits per heavy atom. The van der Waals surface area contributed by atoms with Crippen molar-refractivity contribution in [3.05, 3.63) is 45.7 Å². The monoisotopic (exact) mass is 311 g/mol. The number of carbonyl (C=O) groups is 1. The van der Waals surface area contributed by atoms with Crippen molar-refractivity contribution in [3.8, 4) is 5.75 Å². The average molecular weight is 312 g/mol. The molecule has 0 saturated heterocycles. The Labute approximate surface area is 125 Å². The fraction of sp³-hybridized carbons (Fsp3) is 0.0769. The van der Waals surface area contributed by atoms with Crippen LogP contribution in [0.25, 0.3) is 0 Å². The smallest absolute Gasteiger partial charge is 0.257 e. The molecule has 0 spiro atoms. The van der Waals surface area contributed by atoms with Crippen LogP contribution in [0.2, 0.25) is 10.3 Å². The van der Waals surface area contributed by atoms with Crippen molar-refractivity contribution in [2.24, 2.45) is 0 Å². The lowest BCUT2D eigenvalue weighted by Crippen LogP contribution is -2.15. The standard InChI is InChI=1S/C13H11Cl2N3O2/c1-6-4-10(14)17-12(15)11(6)18-13(20)8-5-7(19)2-3-9(8)16/h2-5,19H,16H2,1H3,(H,18,20). The van der Waals surface area contributed by atoms with Crippen molar-refractivity contribution >= 4 is 40.5 Å². The summed E-state index contributed by atoms with van der Waals surface area (Å²) in [6.07, 6.45) is 0. The third-order valence-electron chi connectivity index (χ3n) is 2.66. The number of hydrogen-bond donors (Lipinski definition) is 3. The van der Waals surface area contributed by atoms with Crippen molar-refractivity contribution in [2.75, 3.05) is 11.1 Å². The molecule has 5 nitrogen and oxygen atoms in total. The number of nitrogens with two attached hydrogens (primary N) is 1. The van der Waals surface area contributed by atoms with E-state index in [0.717, 1.165) is 0 Å². The number of carbonyl (C=O) groups excluding carboxylic acids is 1. The summed E-state index contributed by atoms with van der Waals surface area (Å²) in [7, 11) is 0. The first kappa shape index (κ1) is 14.4. The molecular weight excluding hydrogens is 301 g/mol. The maximum atomic E-state index is 12.2. The number of phenolic OH excluding ortho intramolecular Hbond substituents is 1. The fourth-order valence-corrected chi connectivity index (χ4v) is 2.25. The normalized spacial score (nSPS) is 10.3. The highest BCUT2D eigenvalue weighted by atomic mass is 35.5. The first-order chi connectivity index (χ1) is 9.38. The van der Waals surface area contributed by atoms with Crippen LogP contribution < -0.4 is 11.1 Å². The summed E-state index contributed by atoms with van der Waals surface area (Å²) in [5.74, 6) is -0.547. The van der Waals surface area contributed by atoms with E-state index in [1.54, 1.807) is 13.0 Å². The summed E-state index contributed by atoms with van der Waals surface area (Å²) in [5, 5.41) is 12.3. The molecule has 1 amide bonds. The molecule has 0 aliphatic carbocycles. The molecule has 0 radical (unpaired) electrons. The minimum absolute atomic E-state index is 0.0543. The molecule has 1 aromatic carbocycles. The minimum atomic E-state index is -0.493. The maximum Gasteiger partial charge on any atom is 0.257 e. The van der Waals surface area contributed by atoms with E-state index in [2.05, 4.69) is 10.3 Å².